The van der Waals surface area contributed by atoms with Gasteiger partial charge >= 0.3 is 0 Å². The summed E-state index contributed by atoms with van der Waals surface area (Å²) in [6.07, 6.45) is 0.325. The molecule has 0 spiro atoms. The molecule has 4 heterocycles. The Kier molecular flexibility index (Phi) is 3.20. The Hall–Kier alpha value is -1.94. The van der Waals surface area contributed by atoms with E-state index in [4.69, 9.17) is 4.74 Å². The van der Waals surface area contributed by atoms with Crippen LogP contribution in [0.25, 0.3) is 11.0 Å². The fourth-order valence-electron chi connectivity index (χ4n) is 3.30. The predicted molar refractivity (Wildman–Crippen MR) is 82.1 cm³/mol. The number of aliphatic hydroxyl groups excluding tert-OH is 2. The quantitative estimate of drug-likeness (QED) is 0.490. The normalized spacial score (nSPS) is 33.3. The number of anilines is 2. The summed E-state index contributed by atoms with van der Waals surface area (Å²) in [4.78, 5) is 8.56. The van der Waals surface area contributed by atoms with Gasteiger partial charge in [-0.3, -0.25) is 0 Å². The first-order valence-corrected chi connectivity index (χ1v) is 7.54. The zero-order chi connectivity index (χ0) is 16.2. The Labute approximate surface area is 131 Å². The van der Waals surface area contributed by atoms with Crippen molar-refractivity contribution in [3.63, 3.8) is 0 Å². The van der Waals surface area contributed by atoms with Gasteiger partial charge in [-0.15, -0.1) is 0 Å². The lowest BCUT2D eigenvalue weighted by molar-refractivity contribution is -0.0947. The zero-order valence-corrected chi connectivity index (χ0v) is 12.6. The number of nitrogens with zero attached hydrogens (tertiary/aromatic N) is 3. The van der Waals surface area contributed by atoms with Gasteiger partial charge in [-0.1, -0.05) is 0 Å². The zero-order valence-electron chi connectivity index (χ0n) is 12.6. The van der Waals surface area contributed by atoms with Crippen LogP contribution in [0.15, 0.2) is 12.5 Å². The van der Waals surface area contributed by atoms with Crippen molar-refractivity contribution in [3.8, 4) is 0 Å². The minimum atomic E-state index is -1.56. The van der Waals surface area contributed by atoms with Gasteiger partial charge in [-0.2, -0.15) is 0 Å². The molecule has 124 valence electrons. The fourth-order valence-corrected chi connectivity index (χ4v) is 3.30. The van der Waals surface area contributed by atoms with Gasteiger partial charge in [0.25, 0.3) is 0 Å². The Morgan fingerprint density at radius 3 is 2.91 bits per heavy atom. The van der Waals surface area contributed by atoms with Crippen LogP contribution < -0.4 is 10.6 Å². The second kappa shape index (κ2) is 5.03. The number of aliphatic hydroxyl groups is 3. The van der Waals surface area contributed by atoms with Crippen molar-refractivity contribution in [1.82, 2.24) is 14.5 Å². The summed E-state index contributed by atoms with van der Waals surface area (Å²) < 4.78 is 7.36. The van der Waals surface area contributed by atoms with Crippen LogP contribution in [0.3, 0.4) is 0 Å². The molecule has 2 aliphatic heterocycles. The average molecular weight is 321 g/mol. The maximum atomic E-state index is 10.7. The molecule has 0 aromatic carbocycles. The van der Waals surface area contributed by atoms with Gasteiger partial charge in [-0.25, -0.2) is 9.97 Å². The SMILES string of the molecule is C[C@@]1(O)C(n2cc3c4c(ncnc42)NCCN3)O[C@H](CO)[C@H]1O. The van der Waals surface area contributed by atoms with Crippen LogP contribution in [0.2, 0.25) is 0 Å². The van der Waals surface area contributed by atoms with Crippen LogP contribution in [0, 0.1) is 0 Å². The smallest absolute Gasteiger partial charge is 0.167 e. The maximum Gasteiger partial charge on any atom is 0.167 e. The molecule has 4 atom stereocenters. The Bertz CT molecular complexity index is 746. The highest BCUT2D eigenvalue weighted by molar-refractivity contribution is 5.99. The van der Waals surface area contributed by atoms with Crippen molar-refractivity contribution in [1.29, 1.82) is 0 Å². The van der Waals surface area contributed by atoms with E-state index in [1.807, 2.05) is 0 Å². The minimum absolute atomic E-state index is 0.375. The molecule has 1 unspecified atom stereocenters. The van der Waals surface area contributed by atoms with Crippen LogP contribution in [0.1, 0.15) is 13.2 Å². The summed E-state index contributed by atoms with van der Waals surface area (Å²) in [6.45, 7) is 2.58. The van der Waals surface area contributed by atoms with E-state index >= 15 is 0 Å². The van der Waals surface area contributed by atoms with Crippen LogP contribution in [0.4, 0.5) is 11.5 Å². The van der Waals surface area contributed by atoms with Crippen LogP contribution in [-0.4, -0.2) is 67.4 Å². The van der Waals surface area contributed by atoms with Gasteiger partial charge in [0.05, 0.1) is 17.7 Å². The predicted octanol–water partition coefficient (Wildman–Crippen LogP) is -0.730. The van der Waals surface area contributed by atoms with Crippen molar-refractivity contribution in [2.75, 3.05) is 30.3 Å². The molecule has 2 aromatic rings. The van der Waals surface area contributed by atoms with Crippen molar-refractivity contribution >= 4 is 22.5 Å². The van der Waals surface area contributed by atoms with Crippen molar-refractivity contribution in [3.05, 3.63) is 12.5 Å². The summed E-state index contributed by atoms with van der Waals surface area (Å²) >= 11 is 0. The topological polar surface area (TPSA) is 125 Å². The van der Waals surface area contributed by atoms with Gasteiger partial charge in [0.1, 0.15) is 35.6 Å². The second-order valence-corrected chi connectivity index (χ2v) is 6.10. The van der Waals surface area contributed by atoms with Crippen molar-refractivity contribution in [2.45, 2.75) is 31.0 Å². The highest BCUT2D eigenvalue weighted by Gasteiger charge is 2.53. The number of hydrogen-bond acceptors (Lipinski definition) is 8. The van der Waals surface area contributed by atoms with E-state index in [1.54, 1.807) is 10.8 Å². The van der Waals surface area contributed by atoms with Crippen molar-refractivity contribution < 1.29 is 20.1 Å². The lowest BCUT2D eigenvalue weighted by atomic mass is 9.96. The van der Waals surface area contributed by atoms with E-state index in [0.717, 1.165) is 24.2 Å². The lowest BCUT2D eigenvalue weighted by Gasteiger charge is -2.27. The van der Waals surface area contributed by atoms with E-state index < -0.39 is 24.0 Å². The van der Waals surface area contributed by atoms with E-state index in [0.29, 0.717) is 11.5 Å². The third kappa shape index (κ3) is 2.01. The number of aromatic nitrogens is 3. The third-order valence-electron chi connectivity index (χ3n) is 4.53. The molecule has 0 amide bonds. The molecule has 0 aliphatic carbocycles. The third-order valence-corrected chi connectivity index (χ3v) is 4.53. The molecule has 9 nitrogen and oxygen atoms in total. The summed E-state index contributed by atoms with van der Waals surface area (Å²) in [6, 6.07) is 0. The first kappa shape index (κ1) is 14.6. The monoisotopic (exact) mass is 321 g/mol. The number of hydrogen-bond donors (Lipinski definition) is 5. The molecule has 23 heavy (non-hydrogen) atoms. The molecule has 2 aliphatic rings. The number of rotatable bonds is 2. The molecule has 2 aromatic heterocycles. The highest BCUT2D eigenvalue weighted by atomic mass is 16.6. The fraction of sp³-hybridized carbons (Fsp3) is 0.571. The molecular weight excluding hydrogens is 302 g/mol. The van der Waals surface area contributed by atoms with Gasteiger partial charge in [0.2, 0.25) is 0 Å². The average Bonchev–Trinajstić information content (AvgIpc) is 2.90. The van der Waals surface area contributed by atoms with Crippen LogP contribution >= 0.6 is 0 Å². The summed E-state index contributed by atoms with van der Waals surface area (Å²) in [5, 5.41) is 37.5. The first-order valence-electron chi connectivity index (χ1n) is 7.54. The second-order valence-electron chi connectivity index (χ2n) is 6.10. The molecule has 9 heteroatoms. The molecular formula is C14H19N5O4. The van der Waals surface area contributed by atoms with E-state index in [-0.39, 0.29) is 6.61 Å². The summed E-state index contributed by atoms with van der Waals surface area (Å²) in [5.41, 5.74) is -0.135. The Morgan fingerprint density at radius 1 is 1.39 bits per heavy atom. The highest BCUT2D eigenvalue weighted by Crippen LogP contribution is 2.42. The largest absolute Gasteiger partial charge is 0.394 e. The Balaban J connectivity index is 1.87. The molecule has 0 radical (unpaired) electrons. The Morgan fingerprint density at radius 2 is 2.17 bits per heavy atom. The lowest BCUT2D eigenvalue weighted by Crippen LogP contribution is -2.44. The van der Waals surface area contributed by atoms with Gasteiger partial charge in [0.15, 0.2) is 6.23 Å². The van der Waals surface area contributed by atoms with Gasteiger partial charge in [0, 0.05) is 19.3 Å². The molecule has 0 bridgehead atoms. The molecule has 1 fully saturated rings. The van der Waals surface area contributed by atoms with E-state index in [1.165, 1.54) is 13.3 Å². The summed E-state index contributed by atoms with van der Waals surface area (Å²) in [5.74, 6) is 0.714. The standard InChI is InChI=1S/C14H19N5O4/c1-14(22)10(21)8(5-20)23-13(14)19-4-7-9-11(16-3-2-15-7)17-6-18-12(9)19/h4,6,8,10,13,15,20-22H,2-3,5H2,1H3,(H,16,17,18)/t8-,10-,13?,14+/m1/s1. The van der Waals surface area contributed by atoms with E-state index in [2.05, 4.69) is 20.6 Å². The number of nitrogens with one attached hydrogen (secondary N) is 2. The number of ether oxygens (including phenoxy) is 1. The van der Waals surface area contributed by atoms with Gasteiger partial charge in [-0.05, 0) is 6.92 Å². The minimum Gasteiger partial charge on any atom is -0.394 e. The van der Waals surface area contributed by atoms with E-state index in [9.17, 15) is 15.3 Å². The summed E-state index contributed by atoms with van der Waals surface area (Å²) in [7, 11) is 0. The van der Waals surface area contributed by atoms with Crippen LogP contribution in [-0.2, 0) is 4.74 Å². The molecule has 1 saturated heterocycles. The maximum absolute atomic E-state index is 10.7. The molecule has 0 saturated carbocycles. The molecule has 4 rings (SSSR count). The first-order chi connectivity index (χ1) is 11.0. The van der Waals surface area contributed by atoms with Crippen molar-refractivity contribution in [2.24, 2.45) is 0 Å². The van der Waals surface area contributed by atoms with Gasteiger partial charge < -0.3 is 35.3 Å². The molecule has 5 N–H and O–H groups in total. The van der Waals surface area contributed by atoms with Crippen LogP contribution in [0.5, 0.6) is 0 Å².